The number of para-hydroxylation sites is 2. The number of benzene rings is 7. The van der Waals surface area contributed by atoms with Gasteiger partial charge >= 0.3 is 6.85 Å². The number of hydrogen-bond acceptors (Lipinski definition) is 4. The number of aromatic nitrogens is 1. The summed E-state index contributed by atoms with van der Waals surface area (Å²) >= 11 is 3.88. The highest BCUT2D eigenvalue weighted by Crippen LogP contribution is 2.55. The summed E-state index contributed by atoms with van der Waals surface area (Å²) < 4.78 is 15.2. The van der Waals surface area contributed by atoms with Gasteiger partial charge in [0.05, 0.1) is 20.6 Å². The molecule has 0 atom stereocenters. The normalized spacial score (nSPS) is 16.3. The first-order chi connectivity index (χ1) is 28.7. The van der Waals surface area contributed by atoms with Crippen molar-refractivity contribution in [1.29, 1.82) is 0 Å². The van der Waals surface area contributed by atoms with Gasteiger partial charge in [-0.3, -0.25) is 0 Å². The lowest BCUT2D eigenvalue weighted by Gasteiger charge is -2.44. The molecule has 6 heterocycles. The van der Waals surface area contributed by atoms with Crippen LogP contribution in [0.15, 0.2) is 126 Å². The van der Waals surface area contributed by atoms with Gasteiger partial charge in [0.1, 0.15) is 11.2 Å². The minimum atomic E-state index is -0.0697. The predicted octanol–water partition coefficient (Wildman–Crippen LogP) is 14.4. The van der Waals surface area contributed by atoms with Crippen LogP contribution < -0.4 is 15.8 Å². The molecule has 0 radical (unpaired) electrons. The fraction of sp³-hybridized carbons (Fsp3) is 0.170. The van der Waals surface area contributed by atoms with Gasteiger partial charge in [-0.05, 0) is 88.5 Å². The second-order valence-corrected chi connectivity index (χ2v) is 20.8. The Morgan fingerprint density at radius 3 is 2.08 bits per heavy atom. The molecule has 0 amide bonds. The van der Waals surface area contributed by atoms with E-state index in [4.69, 9.17) is 4.42 Å². The van der Waals surface area contributed by atoms with Gasteiger partial charge in [0.15, 0.2) is 0 Å². The highest BCUT2D eigenvalue weighted by Gasteiger charge is 2.47. The van der Waals surface area contributed by atoms with Gasteiger partial charge in [-0.2, -0.15) is 0 Å². The first kappa shape index (κ1) is 33.1. The van der Waals surface area contributed by atoms with Gasteiger partial charge in [0.2, 0.25) is 0 Å². The zero-order valence-corrected chi connectivity index (χ0v) is 35.3. The van der Waals surface area contributed by atoms with Crippen molar-refractivity contribution in [3.63, 3.8) is 0 Å². The molecule has 0 saturated carbocycles. The van der Waals surface area contributed by atoms with Crippen LogP contribution in [0, 0.1) is 6.92 Å². The van der Waals surface area contributed by atoms with E-state index in [-0.39, 0.29) is 17.7 Å². The number of fused-ring (bicyclic) bond motifs is 18. The van der Waals surface area contributed by atoms with E-state index in [1.165, 1.54) is 125 Å². The van der Waals surface area contributed by atoms with Gasteiger partial charge < -0.3 is 13.8 Å². The summed E-state index contributed by atoms with van der Waals surface area (Å²) in [6.45, 7) is 12.1. The van der Waals surface area contributed by atoms with Gasteiger partial charge in [0.25, 0.3) is 0 Å². The molecule has 4 aromatic heterocycles. The first-order valence-corrected chi connectivity index (χ1v) is 22.6. The zero-order chi connectivity index (χ0) is 39.3. The zero-order valence-electron chi connectivity index (χ0n) is 33.7. The van der Waals surface area contributed by atoms with E-state index in [0.29, 0.717) is 0 Å². The molecule has 3 aliphatic rings. The van der Waals surface area contributed by atoms with E-state index >= 15 is 0 Å². The molecule has 1 aliphatic carbocycles. The van der Waals surface area contributed by atoms with Gasteiger partial charge in [-0.15, -0.1) is 22.7 Å². The highest BCUT2D eigenvalue weighted by atomic mass is 32.1. The molecule has 7 aromatic carbocycles. The summed E-state index contributed by atoms with van der Waals surface area (Å²) in [7, 11) is 0. The SMILES string of the molecule is Cc1cc2c(cc1N1c3cc4c(oc5ccccc54)c4c3B(c3ccc5c(sc6ccccc65)c31)n1c3c-4cccc3c3sc4ccccc4c31)C(C)(C)CCC2(C)C. The molecular formula is C53H39BN2OS2. The average Bonchev–Trinajstić information content (AvgIpc) is 4.00. The first-order valence-electron chi connectivity index (χ1n) is 21.0. The molecular weight excluding hydrogens is 756 g/mol. The van der Waals surface area contributed by atoms with Crippen LogP contribution in [-0.2, 0) is 10.8 Å². The molecule has 0 N–H and O–H groups in total. The molecule has 14 rings (SSSR count). The third kappa shape index (κ3) is 4.00. The second-order valence-electron chi connectivity index (χ2n) is 18.7. The van der Waals surface area contributed by atoms with Gasteiger partial charge in [0, 0.05) is 69.7 Å². The molecule has 282 valence electrons. The number of hydrogen-bond donors (Lipinski definition) is 0. The number of aryl methyl sites for hydroxylation is 1. The lowest BCUT2D eigenvalue weighted by Crippen LogP contribution is -2.56. The summed E-state index contributed by atoms with van der Waals surface area (Å²) in [4.78, 5) is 2.70. The van der Waals surface area contributed by atoms with Crippen molar-refractivity contribution in [2.75, 3.05) is 4.90 Å². The third-order valence-electron chi connectivity index (χ3n) is 14.5. The van der Waals surface area contributed by atoms with Gasteiger partial charge in [-0.1, -0.05) is 119 Å². The van der Waals surface area contributed by atoms with Crippen LogP contribution >= 0.6 is 22.7 Å². The standard InChI is InChI=1S/C53H39BN2OS2/c1-28-25-36-37(53(4,5)24-23-52(36,2)3)27-39(28)55-40-26-35-29-13-6-9-18-41(29)57-49(35)44-33-16-12-17-34-46(33)56(47-32-15-8-11-20-43(32)59-51(34)47)54(45(40)44)38-22-21-31-30-14-7-10-19-42(30)58-50(31)48(38)55/h6-22,25-27H,23-24H2,1-5H3. The topological polar surface area (TPSA) is 21.3 Å². The number of thiophene rings is 2. The van der Waals surface area contributed by atoms with Crippen LogP contribution in [0.4, 0.5) is 17.1 Å². The minimum absolute atomic E-state index is 0.0590. The summed E-state index contributed by atoms with van der Waals surface area (Å²) in [6, 6.07) is 46.2. The molecule has 0 saturated heterocycles. The Kier molecular flexibility index (Phi) is 6.09. The smallest absolute Gasteiger partial charge is 0.333 e. The van der Waals surface area contributed by atoms with E-state index in [2.05, 4.69) is 165 Å². The molecule has 6 heteroatoms. The summed E-state index contributed by atoms with van der Waals surface area (Å²) in [5.74, 6) is 0. The minimum Gasteiger partial charge on any atom is -0.455 e. The Labute approximate surface area is 350 Å². The predicted molar refractivity (Wildman–Crippen MR) is 256 cm³/mol. The maximum absolute atomic E-state index is 7.06. The van der Waals surface area contributed by atoms with E-state index in [1.54, 1.807) is 0 Å². The van der Waals surface area contributed by atoms with Crippen molar-refractivity contribution in [3.8, 4) is 11.1 Å². The van der Waals surface area contributed by atoms with E-state index < -0.39 is 0 Å². The van der Waals surface area contributed by atoms with Crippen molar-refractivity contribution < 1.29 is 4.42 Å². The molecule has 0 fully saturated rings. The number of furan rings is 1. The van der Waals surface area contributed by atoms with E-state index in [9.17, 15) is 0 Å². The van der Waals surface area contributed by atoms with Crippen molar-refractivity contribution >= 4 is 131 Å². The maximum Gasteiger partial charge on any atom is 0.333 e. The summed E-state index contributed by atoms with van der Waals surface area (Å²) in [5, 5.41) is 7.63. The van der Waals surface area contributed by atoms with Crippen molar-refractivity contribution in [2.24, 2.45) is 0 Å². The van der Waals surface area contributed by atoms with Crippen LogP contribution in [-0.4, -0.2) is 11.3 Å². The number of rotatable bonds is 1. The Hall–Kier alpha value is -5.82. The Morgan fingerprint density at radius 2 is 1.27 bits per heavy atom. The molecule has 3 nitrogen and oxygen atoms in total. The number of nitrogens with zero attached hydrogens (tertiary/aromatic N) is 2. The lowest BCUT2D eigenvalue weighted by molar-refractivity contribution is 0.332. The van der Waals surface area contributed by atoms with Crippen LogP contribution in [0.3, 0.4) is 0 Å². The van der Waals surface area contributed by atoms with E-state index in [1.807, 2.05) is 22.7 Å². The molecule has 11 aromatic rings. The van der Waals surface area contributed by atoms with Gasteiger partial charge in [-0.25, -0.2) is 0 Å². The largest absolute Gasteiger partial charge is 0.455 e. The summed E-state index contributed by atoms with van der Waals surface area (Å²) in [6.07, 6.45) is 2.36. The lowest BCUT2D eigenvalue weighted by atomic mass is 9.45. The highest BCUT2D eigenvalue weighted by molar-refractivity contribution is 7.27. The average molecular weight is 795 g/mol. The quantitative estimate of drug-likeness (QED) is 0.154. The summed E-state index contributed by atoms with van der Waals surface area (Å²) in [5.41, 5.74) is 18.0. The second kappa shape index (κ2) is 10.9. The molecule has 0 unspecified atom stereocenters. The van der Waals surface area contributed by atoms with Crippen LogP contribution in [0.2, 0.25) is 0 Å². The molecule has 0 spiro atoms. The fourth-order valence-corrected chi connectivity index (χ4v) is 14.1. The van der Waals surface area contributed by atoms with E-state index in [0.717, 1.165) is 16.6 Å². The van der Waals surface area contributed by atoms with Crippen molar-refractivity contribution in [1.82, 2.24) is 4.48 Å². The van der Waals surface area contributed by atoms with Crippen LogP contribution in [0.5, 0.6) is 0 Å². The monoisotopic (exact) mass is 794 g/mol. The van der Waals surface area contributed by atoms with Crippen molar-refractivity contribution in [3.05, 3.63) is 138 Å². The van der Waals surface area contributed by atoms with Crippen LogP contribution in [0.1, 0.15) is 57.2 Å². The van der Waals surface area contributed by atoms with Crippen LogP contribution in [0.25, 0.3) is 84.4 Å². The molecule has 0 bridgehead atoms. The number of anilines is 3. The van der Waals surface area contributed by atoms with Crippen molar-refractivity contribution in [2.45, 2.75) is 58.3 Å². The third-order valence-corrected chi connectivity index (χ3v) is 16.9. The Bertz CT molecular complexity index is 3720. The molecule has 59 heavy (non-hydrogen) atoms. The Balaban J connectivity index is 1.22. The Morgan fingerprint density at radius 1 is 0.593 bits per heavy atom. The maximum atomic E-state index is 7.06. The fourth-order valence-electron chi connectivity index (χ4n) is 11.6. The molecule has 2 aliphatic heterocycles.